The van der Waals surface area contributed by atoms with Crippen molar-refractivity contribution in [3.63, 3.8) is 0 Å². The van der Waals surface area contributed by atoms with E-state index >= 15 is 0 Å². The Balaban J connectivity index is 1.43. The predicted molar refractivity (Wildman–Crippen MR) is 146 cm³/mol. The zero-order valence-electron chi connectivity index (χ0n) is 22.2. The number of carbonyl (C=O) groups is 2. The molecule has 8 heteroatoms. The minimum atomic E-state index is -0.238. The molecule has 1 saturated heterocycles. The molecule has 1 aliphatic rings. The molecule has 0 aliphatic carbocycles. The number of nitrogens with one attached hydrogen (secondary N) is 1. The van der Waals surface area contributed by atoms with Gasteiger partial charge < -0.3 is 24.3 Å². The third-order valence-electron chi connectivity index (χ3n) is 6.62. The highest BCUT2D eigenvalue weighted by Gasteiger charge is 2.23. The smallest absolute Gasteiger partial charge is 0.318 e. The number of aryl methyl sites for hydroxylation is 1. The molecular formula is C30H38N4O4. The summed E-state index contributed by atoms with van der Waals surface area (Å²) in [6.07, 6.45) is 0.780. The normalized spacial score (nSPS) is 13.7. The van der Waals surface area contributed by atoms with Crippen LogP contribution in [0.15, 0.2) is 77.2 Å². The SMILES string of the molecule is Cc1ccc(CN(Cc2ccccc2)C(=O)CN(CCCN2CCOCC2)C(=O)NCc2ccccc2)o1. The highest BCUT2D eigenvalue weighted by atomic mass is 16.5. The molecule has 0 saturated carbocycles. The molecule has 1 aromatic heterocycles. The minimum absolute atomic E-state index is 0.00371. The molecule has 38 heavy (non-hydrogen) atoms. The number of carbonyl (C=O) groups excluding carboxylic acids is 2. The van der Waals surface area contributed by atoms with Crippen LogP contribution in [0, 0.1) is 6.92 Å². The molecule has 1 aliphatic heterocycles. The van der Waals surface area contributed by atoms with Crippen LogP contribution in [0.1, 0.15) is 29.1 Å². The maximum absolute atomic E-state index is 13.6. The van der Waals surface area contributed by atoms with Crippen LogP contribution in [-0.4, -0.2) is 72.6 Å². The molecule has 3 amide bonds. The average Bonchev–Trinajstić information content (AvgIpc) is 3.36. The van der Waals surface area contributed by atoms with Crippen molar-refractivity contribution in [3.8, 4) is 0 Å². The highest BCUT2D eigenvalue weighted by Crippen LogP contribution is 2.14. The van der Waals surface area contributed by atoms with Gasteiger partial charge in [0, 0.05) is 39.3 Å². The van der Waals surface area contributed by atoms with Crippen LogP contribution < -0.4 is 5.32 Å². The first-order valence-electron chi connectivity index (χ1n) is 13.3. The van der Waals surface area contributed by atoms with Crippen molar-refractivity contribution in [3.05, 3.63) is 95.4 Å². The van der Waals surface area contributed by atoms with E-state index in [9.17, 15) is 9.59 Å². The number of ether oxygens (including phenoxy) is 1. The molecule has 0 unspecified atom stereocenters. The first kappa shape index (κ1) is 27.4. The molecule has 202 valence electrons. The number of amides is 3. The average molecular weight is 519 g/mol. The van der Waals surface area contributed by atoms with Gasteiger partial charge in [-0.3, -0.25) is 9.69 Å². The molecule has 0 spiro atoms. The predicted octanol–water partition coefficient (Wildman–Crippen LogP) is 4.05. The van der Waals surface area contributed by atoms with Gasteiger partial charge in [-0.25, -0.2) is 4.79 Å². The fourth-order valence-electron chi connectivity index (χ4n) is 4.51. The number of morpholine rings is 1. The van der Waals surface area contributed by atoms with E-state index in [0.717, 1.165) is 61.9 Å². The van der Waals surface area contributed by atoms with Crippen molar-refractivity contribution in [2.24, 2.45) is 0 Å². The summed E-state index contributed by atoms with van der Waals surface area (Å²) in [6.45, 7) is 7.69. The van der Waals surface area contributed by atoms with E-state index in [1.165, 1.54) is 0 Å². The summed E-state index contributed by atoms with van der Waals surface area (Å²) in [5.41, 5.74) is 2.04. The molecule has 0 atom stereocenters. The summed E-state index contributed by atoms with van der Waals surface area (Å²) < 4.78 is 11.2. The van der Waals surface area contributed by atoms with Crippen molar-refractivity contribution in [2.75, 3.05) is 45.9 Å². The van der Waals surface area contributed by atoms with E-state index in [1.54, 1.807) is 9.80 Å². The Hall–Kier alpha value is -3.62. The number of urea groups is 1. The largest absolute Gasteiger partial charge is 0.464 e. The second kappa shape index (κ2) is 14.4. The Morgan fingerprint density at radius 3 is 2.21 bits per heavy atom. The second-order valence-electron chi connectivity index (χ2n) is 9.62. The van der Waals surface area contributed by atoms with Gasteiger partial charge in [-0.1, -0.05) is 60.7 Å². The monoisotopic (exact) mass is 518 g/mol. The third-order valence-corrected chi connectivity index (χ3v) is 6.62. The maximum atomic E-state index is 13.6. The molecule has 1 N–H and O–H groups in total. The van der Waals surface area contributed by atoms with Gasteiger partial charge in [0.25, 0.3) is 0 Å². The first-order valence-corrected chi connectivity index (χ1v) is 13.3. The van der Waals surface area contributed by atoms with Crippen molar-refractivity contribution in [2.45, 2.75) is 33.0 Å². The van der Waals surface area contributed by atoms with Crippen LogP contribution >= 0.6 is 0 Å². The van der Waals surface area contributed by atoms with Gasteiger partial charge in [0.15, 0.2) is 0 Å². The van der Waals surface area contributed by atoms with Crippen LogP contribution in [0.25, 0.3) is 0 Å². The Morgan fingerprint density at radius 1 is 0.868 bits per heavy atom. The van der Waals surface area contributed by atoms with E-state index in [1.807, 2.05) is 79.7 Å². The molecular weight excluding hydrogens is 480 g/mol. The van der Waals surface area contributed by atoms with Crippen molar-refractivity contribution < 1.29 is 18.7 Å². The van der Waals surface area contributed by atoms with Crippen LogP contribution in [0.3, 0.4) is 0 Å². The zero-order valence-corrected chi connectivity index (χ0v) is 22.2. The van der Waals surface area contributed by atoms with Crippen LogP contribution in [0.2, 0.25) is 0 Å². The number of benzene rings is 2. The fraction of sp³-hybridized carbons (Fsp3) is 0.400. The van der Waals surface area contributed by atoms with Gasteiger partial charge in [-0.05, 0) is 36.6 Å². The van der Waals surface area contributed by atoms with E-state index in [4.69, 9.17) is 9.15 Å². The summed E-state index contributed by atoms with van der Waals surface area (Å²) in [7, 11) is 0. The van der Waals surface area contributed by atoms with Gasteiger partial charge in [-0.2, -0.15) is 0 Å². The van der Waals surface area contributed by atoms with E-state index in [2.05, 4.69) is 10.2 Å². The van der Waals surface area contributed by atoms with Gasteiger partial charge in [0.05, 0.1) is 19.8 Å². The summed E-state index contributed by atoms with van der Waals surface area (Å²) in [5, 5.41) is 3.00. The van der Waals surface area contributed by atoms with E-state index in [0.29, 0.717) is 26.2 Å². The maximum Gasteiger partial charge on any atom is 0.318 e. The topological polar surface area (TPSA) is 78.3 Å². The summed E-state index contributed by atoms with van der Waals surface area (Å²) in [5.74, 6) is 1.40. The number of hydrogen-bond donors (Lipinski definition) is 1. The van der Waals surface area contributed by atoms with E-state index in [-0.39, 0.29) is 18.5 Å². The lowest BCUT2D eigenvalue weighted by atomic mass is 10.2. The molecule has 1 fully saturated rings. The Kier molecular flexibility index (Phi) is 10.4. The minimum Gasteiger partial charge on any atom is -0.464 e. The van der Waals surface area contributed by atoms with Crippen LogP contribution in [0.4, 0.5) is 4.79 Å². The summed E-state index contributed by atoms with van der Waals surface area (Å²) >= 11 is 0. The zero-order chi connectivity index (χ0) is 26.6. The number of hydrogen-bond acceptors (Lipinski definition) is 5. The number of nitrogens with zero attached hydrogens (tertiary/aromatic N) is 3. The second-order valence-corrected chi connectivity index (χ2v) is 9.62. The summed E-state index contributed by atoms with van der Waals surface area (Å²) in [6, 6.07) is 23.2. The lowest BCUT2D eigenvalue weighted by molar-refractivity contribution is -0.133. The highest BCUT2D eigenvalue weighted by molar-refractivity contribution is 5.84. The number of furan rings is 1. The van der Waals surface area contributed by atoms with E-state index < -0.39 is 0 Å². The molecule has 2 aromatic carbocycles. The Morgan fingerprint density at radius 2 is 1.55 bits per heavy atom. The van der Waals surface area contributed by atoms with Gasteiger partial charge in [0.1, 0.15) is 18.1 Å². The Labute approximate surface area is 225 Å². The Bertz CT molecular complexity index is 1130. The van der Waals surface area contributed by atoms with Gasteiger partial charge >= 0.3 is 6.03 Å². The lowest BCUT2D eigenvalue weighted by Gasteiger charge is -2.30. The van der Waals surface area contributed by atoms with Gasteiger partial charge in [-0.15, -0.1) is 0 Å². The third kappa shape index (κ3) is 8.75. The van der Waals surface area contributed by atoms with Gasteiger partial charge in [0.2, 0.25) is 5.91 Å². The van der Waals surface area contributed by atoms with Crippen LogP contribution in [-0.2, 0) is 29.2 Å². The molecule has 3 aromatic rings. The van der Waals surface area contributed by atoms with Crippen LogP contribution in [0.5, 0.6) is 0 Å². The molecule has 0 radical (unpaired) electrons. The van der Waals surface area contributed by atoms with Crippen molar-refractivity contribution >= 4 is 11.9 Å². The first-order chi connectivity index (χ1) is 18.6. The molecule has 2 heterocycles. The standard InChI is InChI=1S/C30H38N4O4/c1-25-13-14-28(38-25)23-34(22-27-11-6-3-7-12-27)29(35)24-33(16-8-15-32-17-19-37-20-18-32)30(36)31-21-26-9-4-2-5-10-26/h2-7,9-14H,8,15-24H2,1H3,(H,31,36). The molecule has 4 rings (SSSR count). The van der Waals surface area contributed by atoms with Crippen molar-refractivity contribution in [1.29, 1.82) is 0 Å². The molecule has 0 bridgehead atoms. The lowest BCUT2D eigenvalue weighted by Crippen LogP contribution is -2.47. The summed E-state index contributed by atoms with van der Waals surface area (Å²) in [4.78, 5) is 32.6. The quantitative estimate of drug-likeness (QED) is 0.391. The molecule has 8 nitrogen and oxygen atoms in total. The van der Waals surface area contributed by atoms with Crippen molar-refractivity contribution in [1.82, 2.24) is 20.0 Å². The number of rotatable bonds is 12. The fourth-order valence-corrected chi connectivity index (χ4v) is 4.51.